The number of carbonyl (C=O) groups excluding carboxylic acids is 3. The van der Waals surface area contributed by atoms with E-state index in [-0.39, 0.29) is 11.4 Å². The summed E-state index contributed by atoms with van der Waals surface area (Å²) in [5.41, 5.74) is 3.80. The summed E-state index contributed by atoms with van der Waals surface area (Å²) in [6, 6.07) is 19.9. The Morgan fingerprint density at radius 3 is 2.22 bits per heavy atom. The minimum atomic E-state index is -0.771. The minimum Gasteiger partial charge on any atom is -0.273 e. The number of anilines is 1. The van der Waals surface area contributed by atoms with Crippen molar-refractivity contribution in [2.45, 2.75) is 19.8 Å². The highest BCUT2D eigenvalue weighted by atomic mass is 19.1. The Balaban J connectivity index is 1.57. The van der Waals surface area contributed by atoms with Crippen LogP contribution in [-0.2, 0) is 22.4 Å². The summed E-state index contributed by atoms with van der Waals surface area (Å²) in [6.45, 7) is 2.01. The molecule has 0 aliphatic carbocycles. The average Bonchev–Trinajstić information content (AvgIpc) is 2.78. The van der Waals surface area contributed by atoms with Gasteiger partial charge >= 0.3 is 6.03 Å². The molecule has 0 bridgehead atoms. The smallest absolute Gasteiger partial charge is 0.273 e. The van der Waals surface area contributed by atoms with Crippen molar-refractivity contribution >= 4 is 29.6 Å². The number of halogens is 1. The maximum atomic E-state index is 13.4. The van der Waals surface area contributed by atoms with Crippen LogP contribution in [0.15, 0.2) is 78.4 Å². The van der Waals surface area contributed by atoms with Crippen LogP contribution in [0.4, 0.5) is 14.9 Å². The highest BCUT2D eigenvalue weighted by molar-refractivity contribution is 6.39. The molecule has 32 heavy (non-hydrogen) atoms. The number of hydrogen-bond acceptors (Lipinski definition) is 3. The van der Waals surface area contributed by atoms with Crippen LogP contribution >= 0.6 is 0 Å². The number of amides is 4. The Hall–Kier alpha value is -4.06. The molecule has 3 aromatic carbocycles. The third-order valence-corrected chi connectivity index (χ3v) is 5.29. The lowest BCUT2D eigenvalue weighted by atomic mass is 10.0. The van der Waals surface area contributed by atoms with Crippen LogP contribution in [0.5, 0.6) is 0 Å². The molecule has 0 atom stereocenters. The normalized spacial score (nSPS) is 15.2. The summed E-state index contributed by atoms with van der Waals surface area (Å²) < 4.78 is 13.4. The number of nitrogens with zero attached hydrogens (tertiary/aromatic N) is 1. The Bertz CT molecular complexity index is 1210. The van der Waals surface area contributed by atoms with Gasteiger partial charge in [0, 0.05) is 0 Å². The zero-order valence-electron chi connectivity index (χ0n) is 17.5. The van der Waals surface area contributed by atoms with E-state index in [0.717, 1.165) is 28.0 Å². The largest absolute Gasteiger partial charge is 0.335 e. The second-order valence-electron chi connectivity index (χ2n) is 7.53. The first-order valence-electron chi connectivity index (χ1n) is 10.3. The standard InChI is InChI=1S/C26H21FN2O3/c1-2-17-10-12-22(13-11-17)29-25(31)23(24(30)28-26(29)32)16-19-8-6-18(7-9-19)14-20-4-3-5-21(27)15-20/h3-13,15-16H,2,14H2,1H3,(H,28,30,32)/b23-16+. The summed E-state index contributed by atoms with van der Waals surface area (Å²) in [7, 11) is 0. The van der Waals surface area contributed by atoms with Gasteiger partial charge in [-0.2, -0.15) is 0 Å². The second-order valence-corrected chi connectivity index (χ2v) is 7.53. The number of hydrogen-bond donors (Lipinski definition) is 1. The van der Waals surface area contributed by atoms with Crippen molar-refractivity contribution < 1.29 is 18.8 Å². The first-order chi connectivity index (χ1) is 15.4. The molecule has 0 spiro atoms. The Labute approximate surface area is 185 Å². The molecule has 1 fully saturated rings. The zero-order chi connectivity index (χ0) is 22.7. The summed E-state index contributed by atoms with van der Waals surface area (Å²) in [6.07, 6.45) is 2.85. The van der Waals surface area contributed by atoms with Gasteiger partial charge in [0.1, 0.15) is 11.4 Å². The van der Waals surface area contributed by atoms with Crippen molar-refractivity contribution in [2.24, 2.45) is 0 Å². The number of barbiturate groups is 1. The van der Waals surface area contributed by atoms with Gasteiger partial charge in [0.05, 0.1) is 5.69 Å². The van der Waals surface area contributed by atoms with Crippen LogP contribution < -0.4 is 10.2 Å². The van der Waals surface area contributed by atoms with Gasteiger partial charge in [-0.05, 0) is 65.4 Å². The van der Waals surface area contributed by atoms with E-state index in [2.05, 4.69) is 5.32 Å². The maximum absolute atomic E-state index is 13.4. The van der Waals surface area contributed by atoms with Crippen LogP contribution in [0.25, 0.3) is 6.08 Å². The molecule has 1 aliphatic heterocycles. The number of urea groups is 1. The lowest BCUT2D eigenvalue weighted by Crippen LogP contribution is -2.54. The molecule has 0 radical (unpaired) electrons. The third-order valence-electron chi connectivity index (χ3n) is 5.29. The van der Waals surface area contributed by atoms with E-state index in [1.165, 1.54) is 18.2 Å². The number of imide groups is 2. The molecule has 4 rings (SSSR count). The molecule has 6 heteroatoms. The van der Waals surface area contributed by atoms with Gasteiger partial charge in [0.2, 0.25) is 0 Å². The van der Waals surface area contributed by atoms with Gasteiger partial charge in [-0.3, -0.25) is 14.9 Å². The van der Waals surface area contributed by atoms with Crippen LogP contribution in [0.1, 0.15) is 29.2 Å². The number of benzene rings is 3. The van der Waals surface area contributed by atoms with Crippen molar-refractivity contribution in [1.29, 1.82) is 0 Å². The van der Waals surface area contributed by atoms with E-state index < -0.39 is 17.8 Å². The van der Waals surface area contributed by atoms with Crippen LogP contribution in [0, 0.1) is 5.82 Å². The van der Waals surface area contributed by atoms with Gasteiger partial charge in [-0.15, -0.1) is 0 Å². The fourth-order valence-electron chi connectivity index (χ4n) is 3.55. The van der Waals surface area contributed by atoms with Crippen LogP contribution in [-0.4, -0.2) is 17.8 Å². The lowest BCUT2D eigenvalue weighted by molar-refractivity contribution is -0.122. The molecule has 1 aliphatic rings. The summed E-state index contributed by atoms with van der Waals surface area (Å²) in [5, 5.41) is 2.23. The van der Waals surface area contributed by atoms with E-state index >= 15 is 0 Å². The molecule has 1 N–H and O–H groups in total. The number of rotatable bonds is 5. The molecule has 0 aromatic heterocycles. The topological polar surface area (TPSA) is 66.5 Å². The second kappa shape index (κ2) is 8.98. The fraction of sp³-hybridized carbons (Fsp3) is 0.115. The molecule has 5 nitrogen and oxygen atoms in total. The van der Waals surface area contributed by atoms with Gasteiger partial charge in [-0.1, -0.05) is 55.5 Å². The Morgan fingerprint density at radius 2 is 1.56 bits per heavy atom. The molecular weight excluding hydrogens is 407 g/mol. The van der Waals surface area contributed by atoms with Crippen molar-refractivity contribution in [1.82, 2.24) is 5.32 Å². The van der Waals surface area contributed by atoms with Gasteiger partial charge in [0.15, 0.2) is 0 Å². The third kappa shape index (κ3) is 4.49. The van der Waals surface area contributed by atoms with E-state index in [1.54, 1.807) is 30.3 Å². The summed E-state index contributed by atoms with van der Waals surface area (Å²) in [5.74, 6) is -1.69. The van der Waals surface area contributed by atoms with E-state index in [1.807, 2.05) is 37.3 Å². The predicted octanol–water partition coefficient (Wildman–Crippen LogP) is 4.65. The van der Waals surface area contributed by atoms with E-state index in [0.29, 0.717) is 17.7 Å². The quantitative estimate of drug-likeness (QED) is 0.475. The van der Waals surface area contributed by atoms with Crippen LogP contribution in [0.3, 0.4) is 0 Å². The molecule has 160 valence electrons. The zero-order valence-corrected chi connectivity index (χ0v) is 17.5. The monoisotopic (exact) mass is 428 g/mol. The molecule has 0 saturated carbocycles. The molecule has 4 amide bonds. The lowest BCUT2D eigenvalue weighted by Gasteiger charge is -2.26. The first kappa shape index (κ1) is 21.2. The predicted molar refractivity (Wildman–Crippen MR) is 120 cm³/mol. The van der Waals surface area contributed by atoms with E-state index in [9.17, 15) is 18.8 Å². The Kier molecular flexibility index (Phi) is 5.94. The SMILES string of the molecule is CCc1ccc(N2C(=O)NC(=O)/C(=C\c3ccc(Cc4cccc(F)c4)cc3)C2=O)cc1. The number of carbonyl (C=O) groups is 3. The average molecular weight is 428 g/mol. The van der Waals surface area contributed by atoms with Crippen molar-refractivity contribution in [3.05, 3.63) is 106 Å². The van der Waals surface area contributed by atoms with E-state index in [4.69, 9.17) is 0 Å². The first-order valence-corrected chi connectivity index (χ1v) is 10.3. The highest BCUT2D eigenvalue weighted by Crippen LogP contribution is 2.23. The molecule has 1 saturated heterocycles. The minimum absolute atomic E-state index is 0.123. The highest BCUT2D eigenvalue weighted by Gasteiger charge is 2.36. The van der Waals surface area contributed by atoms with Crippen LogP contribution in [0.2, 0.25) is 0 Å². The molecule has 3 aromatic rings. The van der Waals surface area contributed by atoms with Gasteiger partial charge in [0.25, 0.3) is 11.8 Å². The summed E-state index contributed by atoms with van der Waals surface area (Å²) >= 11 is 0. The molecule has 1 heterocycles. The van der Waals surface area contributed by atoms with Gasteiger partial charge in [-0.25, -0.2) is 14.1 Å². The summed E-state index contributed by atoms with van der Waals surface area (Å²) in [4.78, 5) is 38.6. The van der Waals surface area contributed by atoms with Gasteiger partial charge < -0.3 is 0 Å². The Morgan fingerprint density at radius 1 is 0.875 bits per heavy atom. The fourth-order valence-corrected chi connectivity index (χ4v) is 3.55. The van der Waals surface area contributed by atoms with Crippen molar-refractivity contribution in [2.75, 3.05) is 4.90 Å². The van der Waals surface area contributed by atoms with Crippen molar-refractivity contribution in [3.63, 3.8) is 0 Å². The molecule has 0 unspecified atom stereocenters. The number of nitrogens with one attached hydrogen (secondary N) is 1. The molecular formula is C26H21FN2O3. The van der Waals surface area contributed by atoms with Crippen molar-refractivity contribution in [3.8, 4) is 0 Å². The maximum Gasteiger partial charge on any atom is 0.335 e. The number of aryl methyl sites for hydroxylation is 1.